The van der Waals surface area contributed by atoms with Gasteiger partial charge in [0.25, 0.3) is 11.8 Å². The molecule has 1 atom stereocenters. The van der Waals surface area contributed by atoms with E-state index in [1.807, 2.05) is 92.6 Å². The molecule has 33 heavy (non-hydrogen) atoms. The van der Waals surface area contributed by atoms with Crippen molar-refractivity contribution in [3.05, 3.63) is 95.1 Å². The van der Waals surface area contributed by atoms with Crippen LogP contribution in [0.1, 0.15) is 64.6 Å². The summed E-state index contributed by atoms with van der Waals surface area (Å²) < 4.78 is 0. The van der Waals surface area contributed by atoms with Gasteiger partial charge >= 0.3 is 0 Å². The Hall–Kier alpha value is -3.60. The third kappa shape index (κ3) is 6.45. The molecule has 1 unspecified atom stereocenters. The molecule has 0 saturated heterocycles. The van der Waals surface area contributed by atoms with Crippen LogP contribution in [0.5, 0.6) is 0 Å². The first-order valence-electron chi connectivity index (χ1n) is 11.5. The number of amides is 2. The van der Waals surface area contributed by atoms with Gasteiger partial charge in [-0.2, -0.15) is 0 Å². The molecular weight excluding hydrogens is 410 g/mol. The van der Waals surface area contributed by atoms with Gasteiger partial charge in [0.05, 0.1) is 11.6 Å². The molecule has 0 spiro atoms. The molecule has 0 radical (unpaired) electrons. The van der Waals surface area contributed by atoms with E-state index in [-0.39, 0.29) is 17.9 Å². The van der Waals surface area contributed by atoms with Crippen molar-refractivity contribution in [3.8, 4) is 0 Å². The number of carbonyl (C=O) groups excluding carboxylic acids is 2. The second-order valence-corrected chi connectivity index (χ2v) is 8.49. The highest BCUT2D eigenvalue weighted by atomic mass is 16.2. The minimum atomic E-state index is -0.196. The number of hydrogen-bond acceptors (Lipinski definition) is 3. The van der Waals surface area contributed by atoms with Crippen LogP contribution in [0.2, 0.25) is 0 Å². The molecule has 172 valence electrons. The topological polar surface area (TPSA) is 61.4 Å². The fourth-order valence-electron chi connectivity index (χ4n) is 3.69. The summed E-state index contributed by atoms with van der Waals surface area (Å²) in [5, 5.41) is 5.99. The molecule has 5 nitrogen and oxygen atoms in total. The van der Waals surface area contributed by atoms with Crippen LogP contribution in [0, 0.1) is 0 Å². The van der Waals surface area contributed by atoms with Crippen molar-refractivity contribution >= 4 is 23.2 Å². The number of anilines is 2. The van der Waals surface area contributed by atoms with E-state index in [1.54, 1.807) is 6.07 Å². The van der Waals surface area contributed by atoms with Crippen LogP contribution in [0.3, 0.4) is 0 Å². The minimum absolute atomic E-state index is 0.141. The van der Waals surface area contributed by atoms with Gasteiger partial charge in [-0.1, -0.05) is 55.8 Å². The minimum Gasteiger partial charge on any atom is -0.377 e. The summed E-state index contributed by atoms with van der Waals surface area (Å²) in [7, 11) is 3.79. The van der Waals surface area contributed by atoms with E-state index in [4.69, 9.17) is 0 Å². The van der Waals surface area contributed by atoms with Gasteiger partial charge in [0.15, 0.2) is 0 Å². The summed E-state index contributed by atoms with van der Waals surface area (Å²) in [5.74, 6) is -0.384. The Balaban J connectivity index is 1.76. The highest BCUT2D eigenvalue weighted by molar-refractivity contribution is 6.06. The molecule has 0 saturated carbocycles. The first-order chi connectivity index (χ1) is 15.9. The molecular formula is C28H33N3O2. The summed E-state index contributed by atoms with van der Waals surface area (Å²) in [6.07, 6.45) is 3.30. The Bertz CT molecular complexity index is 1080. The van der Waals surface area contributed by atoms with Gasteiger partial charge < -0.3 is 15.5 Å². The average molecular weight is 444 g/mol. The lowest BCUT2D eigenvalue weighted by molar-refractivity contribution is 0.0939. The predicted octanol–water partition coefficient (Wildman–Crippen LogP) is 5.84. The van der Waals surface area contributed by atoms with Crippen molar-refractivity contribution in [1.29, 1.82) is 0 Å². The van der Waals surface area contributed by atoms with Crippen molar-refractivity contribution in [1.82, 2.24) is 5.32 Å². The fraction of sp³-hybridized carbons (Fsp3) is 0.286. The van der Waals surface area contributed by atoms with Crippen LogP contribution in [0.4, 0.5) is 11.4 Å². The molecule has 0 aliphatic carbocycles. The van der Waals surface area contributed by atoms with Crippen molar-refractivity contribution in [3.63, 3.8) is 0 Å². The normalized spacial score (nSPS) is 11.5. The van der Waals surface area contributed by atoms with Crippen LogP contribution >= 0.6 is 0 Å². The molecule has 5 heteroatoms. The molecule has 2 amide bonds. The second kappa shape index (κ2) is 11.3. The number of benzene rings is 3. The smallest absolute Gasteiger partial charge is 0.255 e. The van der Waals surface area contributed by atoms with Gasteiger partial charge in [-0.3, -0.25) is 9.59 Å². The van der Waals surface area contributed by atoms with E-state index in [2.05, 4.69) is 17.6 Å². The molecule has 2 N–H and O–H groups in total. The largest absolute Gasteiger partial charge is 0.377 e. The highest BCUT2D eigenvalue weighted by Crippen LogP contribution is 2.24. The van der Waals surface area contributed by atoms with Crippen LogP contribution in [-0.2, 0) is 6.42 Å². The number of hydrogen-bond donors (Lipinski definition) is 2. The first kappa shape index (κ1) is 24.1. The van der Waals surface area contributed by atoms with Gasteiger partial charge in [-0.05, 0) is 61.2 Å². The zero-order valence-electron chi connectivity index (χ0n) is 19.9. The maximum atomic E-state index is 13.1. The van der Waals surface area contributed by atoms with Gasteiger partial charge in [-0.15, -0.1) is 0 Å². The number of carbonyl (C=O) groups is 2. The van der Waals surface area contributed by atoms with Crippen LogP contribution < -0.4 is 15.5 Å². The molecule has 0 aliphatic rings. The maximum absolute atomic E-state index is 13.1. The zero-order valence-corrected chi connectivity index (χ0v) is 19.9. The summed E-state index contributed by atoms with van der Waals surface area (Å²) in [6, 6.07) is 22.8. The predicted molar refractivity (Wildman–Crippen MR) is 136 cm³/mol. The fourth-order valence-corrected chi connectivity index (χ4v) is 3.69. The zero-order chi connectivity index (χ0) is 23.8. The number of rotatable bonds is 9. The monoisotopic (exact) mass is 443 g/mol. The van der Waals surface area contributed by atoms with E-state index in [0.29, 0.717) is 16.8 Å². The van der Waals surface area contributed by atoms with E-state index in [0.717, 1.165) is 30.5 Å². The number of aryl methyl sites for hydroxylation is 1. The maximum Gasteiger partial charge on any atom is 0.255 e. The summed E-state index contributed by atoms with van der Waals surface area (Å²) in [6.45, 7) is 4.12. The number of unbranched alkanes of at least 4 members (excludes halogenated alkanes) is 1. The lowest BCUT2D eigenvalue weighted by Gasteiger charge is -2.20. The molecule has 0 fully saturated rings. The van der Waals surface area contributed by atoms with E-state index < -0.39 is 0 Å². The van der Waals surface area contributed by atoms with Crippen LogP contribution in [0.15, 0.2) is 72.8 Å². The Morgan fingerprint density at radius 1 is 0.909 bits per heavy atom. The molecule has 3 aromatic carbocycles. The molecule has 0 heterocycles. The van der Waals surface area contributed by atoms with E-state index in [1.165, 1.54) is 5.56 Å². The SMILES string of the molecule is CCCCc1ccc(C(=O)Nc2ccc(N(C)C)c(C(=O)NC(C)c3ccccc3)c2)cc1. The number of nitrogens with zero attached hydrogens (tertiary/aromatic N) is 1. The van der Waals surface area contributed by atoms with Crippen molar-refractivity contribution in [2.24, 2.45) is 0 Å². The van der Waals surface area contributed by atoms with Gasteiger partial charge in [-0.25, -0.2) is 0 Å². The summed E-state index contributed by atoms with van der Waals surface area (Å²) in [4.78, 5) is 27.8. The van der Waals surface area contributed by atoms with E-state index in [9.17, 15) is 9.59 Å². The Labute approximate surface area is 196 Å². The average Bonchev–Trinajstić information content (AvgIpc) is 2.83. The van der Waals surface area contributed by atoms with Crippen molar-refractivity contribution < 1.29 is 9.59 Å². The second-order valence-electron chi connectivity index (χ2n) is 8.49. The molecule has 0 aromatic heterocycles. The number of nitrogens with one attached hydrogen (secondary N) is 2. The van der Waals surface area contributed by atoms with Crippen LogP contribution in [-0.4, -0.2) is 25.9 Å². The first-order valence-corrected chi connectivity index (χ1v) is 11.5. The molecule has 3 rings (SSSR count). The molecule has 0 bridgehead atoms. The standard InChI is InChI=1S/C28H33N3O2/c1-5-6-10-21-13-15-23(16-14-21)27(32)30-24-17-18-26(31(3)4)25(19-24)28(33)29-20(2)22-11-8-7-9-12-22/h7-9,11-20H,5-6,10H2,1-4H3,(H,29,33)(H,30,32). The Morgan fingerprint density at radius 3 is 2.24 bits per heavy atom. The summed E-state index contributed by atoms with van der Waals surface area (Å²) >= 11 is 0. The third-order valence-electron chi connectivity index (χ3n) is 5.66. The molecule has 0 aliphatic heterocycles. The van der Waals surface area contributed by atoms with Crippen molar-refractivity contribution in [2.45, 2.75) is 39.2 Å². The van der Waals surface area contributed by atoms with Crippen molar-refractivity contribution in [2.75, 3.05) is 24.3 Å². The quantitative estimate of drug-likeness (QED) is 0.437. The third-order valence-corrected chi connectivity index (χ3v) is 5.66. The Kier molecular flexibility index (Phi) is 8.25. The summed E-state index contributed by atoms with van der Waals surface area (Å²) in [5.41, 5.74) is 4.73. The van der Waals surface area contributed by atoms with E-state index >= 15 is 0 Å². The highest BCUT2D eigenvalue weighted by Gasteiger charge is 2.18. The lowest BCUT2D eigenvalue weighted by atomic mass is 10.1. The van der Waals surface area contributed by atoms with Gasteiger partial charge in [0.1, 0.15) is 0 Å². The Morgan fingerprint density at radius 2 is 1.61 bits per heavy atom. The van der Waals surface area contributed by atoms with Crippen LogP contribution in [0.25, 0.3) is 0 Å². The van der Waals surface area contributed by atoms with Gasteiger partial charge in [0, 0.05) is 31.0 Å². The van der Waals surface area contributed by atoms with Gasteiger partial charge in [0.2, 0.25) is 0 Å². The molecule has 3 aromatic rings. The lowest BCUT2D eigenvalue weighted by Crippen LogP contribution is -2.28.